The summed E-state index contributed by atoms with van der Waals surface area (Å²) in [7, 11) is 0. The predicted molar refractivity (Wildman–Crippen MR) is 192 cm³/mol. The van der Waals surface area contributed by atoms with Crippen LogP contribution in [0.5, 0.6) is 0 Å². The molecule has 3 heterocycles. The minimum atomic E-state index is 1.10. The third kappa shape index (κ3) is 4.39. The van der Waals surface area contributed by atoms with Gasteiger partial charge in [-0.2, -0.15) is 0 Å². The maximum Gasteiger partial charge on any atom is 0.0528 e. The number of nitrogens with zero attached hydrogens (tertiary/aromatic N) is 4. The molecule has 46 heavy (non-hydrogen) atoms. The van der Waals surface area contributed by atoms with E-state index >= 15 is 0 Å². The van der Waals surface area contributed by atoms with E-state index in [1.807, 2.05) is 0 Å². The van der Waals surface area contributed by atoms with Crippen molar-refractivity contribution in [3.8, 4) is 17.1 Å². The molecule has 0 unspecified atom stereocenters. The zero-order valence-corrected chi connectivity index (χ0v) is 25.1. The lowest BCUT2D eigenvalue weighted by Crippen LogP contribution is -2.10. The van der Waals surface area contributed by atoms with Crippen LogP contribution in [0.3, 0.4) is 0 Å². The SMILES string of the molecule is c1ccc2c(c1)ccn2-c1ccc(N(c2ccc(-n3ccc4ccccc43)cc2)c2ccc(-n3ccc4ccccc43)cc2)cc1. The van der Waals surface area contributed by atoms with E-state index in [9.17, 15) is 0 Å². The lowest BCUT2D eigenvalue weighted by Gasteiger charge is -2.26. The second-order valence-corrected chi connectivity index (χ2v) is 11.6. The van der Waals surface area contributed by atoms with E-state index in [2.05, 4.69) is 201 Å². The smallest absolute Gasteiger partial charge is 0.0528 e. The van der Waals surface area contributed by atoms with E-state index in [0.717, 1.165) is 34.1 Å². The van der Waals surface area contributed by atoms with Gasteiger partial charge in [0.05, 0.1) is 16.6 Å². The van der Waals surface area contributed by atoms with Crippen LogP contribution < -0.4 is 4.90 Å². The fourth-order valence-electron chi connectivity index (χ4n) is 6.66. The van der Waals surface area contributed by atoms with Crippen molar-refractivity contribution in [1.29, 1.82) is 0 Å². The highest BCUT2D eigenvalue weighted by molar-refractivity contribution is 5.85. The Morgan fingerprint density at radius 2 is 0.565 bits per heavy atom. The van der Waals surface area contributed by atoms with Crippen LogP contribution in [0.1, 0.15) is 0 Å². The first kappa shape index (κ1) is 26.2. The van der Waals surface area contributed by atoms with Gasteiger partial charge in [-0.1, -0.05) is 54.6 Å². The van der Waals surface area contributed by atoms with E-state index < -0.39 is 0 Å². The largest absolute Gasteiger partial charge is 0.317 e. The molecular weight excluding hydrogens is 560 g/mol. The topological polar surface area (TPSA) is 18.0 Å². The van der Waals surface area contributed by atoms with Crippen molar-refractivity contribution in [2.75, 3.05) is 4.90 Å². The van der Waals surface area contributed by atoms with Crippen LogP contribution in [-0.4, -0.2) is 13.7 Å². The van der Waals surface area contributed by atoms with Crippen LogP contribution in [0.25, 0.3) is 49.8 Å². The molecule has 0 atom stereocenters. The van der Waals surface area contributed by atoms with Crippen molar-refractivity contribution in [1.82, 2.24) is 13.7 Å². The Hall–Kier alpha value is -6.26. The van der Waals surface area contributed by atoms with Crippen molar-refractivity contribution in [2.24, 2.45) is 0 Å². The van der Waals surface area contributed by atoms with Crippen LogP contribution in [0, 0.1) is 0 Å². The van der Waals surface area contributed by atoms with Crippen molar-refractivity contribution in [2.45, 2.75) is 0 Å². The molecule has 0 amide bonds. The van der Waals surface area contributed by atoms with Gasteiger partial charge in [0.1, 0.15) is 0 Å². The molecule has 0 saturated heterocycles. The van der Waals surface area contributed by atoms with Crippen LogP contribution in [0.4, 0.5) is 17.1 Å². The second kappa shape index (κ2) is 10.7. The van der Waals surface area contributed by atoms with Gasteiger partial charge in [-0.15, -0.1) is 0 Å². The second-order valence-electron chi connectivity index (χ2n) is 11.6. The molecule has 9 aromatic rings. The van der Waals surface area contributed by atoms with Crippen molar-refractivity contribution in [3.05, 3.63) is 182 Å². The van der Waals surface area contributed by atoms with Crippen LogP contribution >= 0.6 is 0 Å². The molecule has 6 aromatic carbocycles. The van der Waals surface area contributed by atoms with Crippen LogP contribution in [-0.2, 0) is 0 Å². The van der Waals surface area contributed by atoms with E-state index in [1.54, 1.807) is 0 Å². The summed E-state index contributed by atoms with van der Waals surface area (Å²) in [6.45, 7) is 0. The number of benzene rings is 6. The molecule has 0 bridgehead atoms. The Morgan fingerprint density at radius 1 is 0.283 bits per heavy atom. The van der Waals surface area contributed by atoms with Gasteiger partial charge < -0.3 is 18.6 Å². The normalized spacial score (nSPS) is 11.5. The number of rotatable bonds is 6. The average molecular weight is 591 g/mol. The molecule has 0 N–H and O–H groups in total. The van der Waals surface area contributed by atoms with E-state index in [4.69, 9.17) is 0 Å². The highest BCUT2D eigenvalue weighted by Gasteiger charge is 2.15. The van der Waals surface area contributed by atoms with Gasteiger partial charge in [0.15, 0.2) is 0 Å². The molecule has 0 aliphatic heterocycles. The Labute approximate surface area is 267 Å². The summed E-state index contributed by atoms with van der Waals surface area (Å²) in [6, 6.07) is 58.5. The molecule has 4 heteroatoms. The van der Waals surface area contributed by atoms with Crippen LogP contribution in [0.2, 0.25) is 0 Å². The zero-order valence-electron chi connectivity index (χ0n) is 25.1. The number of fused-ring (bicyclic) bond motifs is 3. The predicted octanol–water partition coefficient (Wildman–Crippen LogP) is 11.0. The molecule has 4 nitrogen and oxygen atoms in total. The van der Waals surface area contributed by atoms with Gasteiger partial charge in [0.2, 0.25) is 0 Å². The fourth-order valence-corrected chi connectivity index (χ4v) is 6.66. The molecule has 0 saturated carbocycles. The molecule has 0 radical (unpaired) electrons. The quantitative estimate of drug-likeness (QED) is 0.188. The third-order valence-electron chi connectivity index (χ3n) is 8.96. The summed E-state index contributed by atoms with van der Waals surface area (Å²) in [6.07, 6.45) is 6.43. The van der Waals surface area contributed by atoms with Gasteiger partial charge in [-0.25, -0.2) is 0 Å². The van der Waals surface area contributed by atoms with Gasteiger partial charge in [0, 0.05) is 52.7 Å². The Bertz CT molecular complexity index is 2180. The minimum absolute atomic E-state index is 1.10. The number of hydrogen-bond acceptors (Lipinski definition) is 1. The zero-order chi connectivity index (χ0) is 30.5. The van der Waals surface area contributed by atoms with E-state index in [1.165, 1.54) is 32.7 Å². The van der Waals surface area contributed by atoms with Gasteiger partial charge in [-0.3, -0.25) is 0 Å². The minimum Gasteiger partial charge on any atom is -0.317 e. The Kier molecular flexibility index (Phi) is 6.10. The van der Waals surface area contributed by atoms with Gasteiger partial charge in [-0.05, 0) is 125 Å². The fraction of sp³-hybridized carbons (Fsp3) is 0. The van der Waals surface area contributed by atoms with Crippen molar-refractivity contribution < 1.29 is 0 Å². The standard InChI is InChI=1S/C42H30N4/c1-4-10-40-31(7-1)25-28-43(40)34-13-19-37(20-14-34)46(38-21-15-35(16-22-38)44-29-26-32-8-2-5-11-41(32)44)39-23-17-36(18-24-39)45-30-27-33-9-3-6-12-42(33)45/h1-30H. The Morgan fingerprint density at radius 3 is 0.870 bits per heavy atom. The lowest BCUT2D eigenvalue weighted by molar-refractivity contribution is 1.12. The summed E-state index contributed by atoms with van der Waals surface area (Å²) in [5.41, 5.74) is 10.3. The number of para-hydroxylation sites is 3. The first-order chi connectivity index (χ1) is 22.8. The monoisotopic (exact) mass is 590 g/mol. The molecule has 0 fully saturated rings. The first-order valence-electron chi connectivity index (χ1n) is 15.6. The maximum absolute atomic E-state index is 2.33. The summed E-state index contributed by atoms with van der Waals surface area (Å²) in [5.74, 6) is 0. The third-order valence-corrected chi connectivity index (χ3v) is 8.96. The first-order valence-corrected chi connectivity index (χ1v) is 15.6. The summed E-state index contributed by atoms with van der Waals surface area (Å²) in [5, 5.41) is 3.71. The lowest BCUT2D eigenvalue weighted by atomic mass is 10.1. The van der Waals surface area contributed by atoms with E-state index in [-0.39, 0.29) is 0 Å². The van der Waals surface area contributed by atoms with E-state index in [0.29, 0.717) is 0 Å². The molecule has 3 aromatic heterocycles. The van der Waals surface area contributed by atoms with Gasteiger partial charge >= 0.3 is 0 Å². The maximum atomic E-state index is 2.33. The molecule has 218 valence electrons. The molecule has 0 aliphatic rings. The molecule has 9 rings (SSSR count). The van der Waals surface area contributed by atoms with Crippen LogP contribution in [0.15, 0.2) is 182 Å². The average Bonchev–Trinajstić information content (AvgIpc) is 3.87. The van der Waals surface area contributed by atoms with Crippen molar-refractivity contribution in [3.63, 3.8) is 0 Å². The van der Waals surface area contributed by atoms with Crippen molar-refractivity contribution >= 4 is 49.8 Å². The number of hydrogen-bond donors (Lipinski definition) is 0. The molecule has 0 aliphatic carbocycles. The number of anilines is 3. The highest BCUT2D eigenvalue weighted by atomic mass is 15.1. The number of aromatic nitrogens is 3. The summed E-state index contributed by atoms with van der Waals surface area (Å²) < 4.78 is 6.74. The molecule has 0 spiro atoms. The summed E-state index contributed by atoms with van der Waals surface area (Å²) >= 11 is 0. The van der Waals surface area contributed by atoms with Gasteiger partial charge in [0.25, 0.3) is 0 Å². The highest BCUT2D eigenvalue weighted by Crippen LogP contribution is 2.37. The Balaban J connectivity index is 1.11. The summed E-state index contributed by atoms with van der Waals surface area (Å²) in [4.78, 5) is 2.33. The molecular formula is C42H30N4.